The molecule has 3 rings (SSSR count). The van der Waals surface area contributed by atoms with Crippen LogP contribution in [-0.4, -0.2) is 0 Å². The summed E-state index contributed by atoms with van der Waals surface area (Å²) in [6.07, 6.45) is 0. The van der Waals surface area contributed by atoms with Crippen molar-refractivity contribution in [3.63, 3.8) is 0 Å². The van der Waals surface area contributed by atoms with Gasteiger partial charge in [-0.1, -0.05) is 93.5 Å². The van der Waals surface area contributed by atoms with Crippen LogP contribution in [0.1, 0.15) is 22.3 Å². The molecule has 0 aliphatic carbocycles. The molecule has 0 radical (unpaired) electrons. The van der Waals surface area contributed by atoms with Gasteiger partial charge in [0.25, 0.3) is 0 Å². The second-order valence-corrected chi connectivity index (χ2v) is 7.38. The lowest BCUT2D eigenvalue weighted by Gasteiger charge is -2.10. The van der Waals surface area contributed by atoms with Gasteiger partial charge in [-0.05, 0) is 57.7 Å². The Morgan fingerprint density at radius 3 is 0.917 bits per heavy atom. The minimum atomic E-state index is 1.02. The average Bonchev–Trinajstić information content (AvgIpc) is 2.62. The highest BCUT2D eigenvalue weighted by molar-refractivity contribution is 9.10. The smallest absolute Gasteiger partial charge is 0.0175 e. The molecule has 0 bridgehead atoms. The third kappa shape index (κ3) is 3.77. The van der Waals surface area contributed by atoms with Gasteiger partial charge in [-0.3, -0.25) is 0 Å². The Balaban J connectivity index is 1.82. The van der Waals surface area contributed by atoms with Crippen LogP contribution in [-0.2, 0) is 0 Å². The molecule has 0 unspecified atom stereocenters. The van der Waals surface area contributed by atoms with Crippen molar-refractivity contribution in [1.82, 2.24) is 0 Å². The summed E-state index contributed by atoms with van der Waals surface area (Å²) < 4.78 is 2.14. The van der Waals surface area contributed by atoms with E-state index in [2.05, 4.69) is 93.5 Å². The fraction of sp³-hybridized carbons (Fsp3) is 0. The van der Waals surface area contributed by atoms with Crippen molar-refractivity contribution in [2.24, 2.45) is 0 Å². The Bertz CT molecular complexity index is 794. The number of benzene rings is 3. The highest BCUT2D eigenvalue weighted by Crippen LogP contribution is 2.27. The van der Waals surface area contributed by atoms with Crippen LogP contribution in [0, 0.1) is 0 Å². The minimum absolute atomic E-state index is 1.02. The number of hydrogen-bond acceptors (Lipinski definition) is 0. The van der Waals surface area contributed by atoms with Gasteiger partial charge in [-0.25, -0.2) is 0 Å². The fourth-order valence-corrected chi connectivity index (χ4v) is 3.04. The quantitative estimate of drug-likeness (QED) is 0.399. The standard InChI is InChI=1S/C22H16Br2/c1-15(19-7-11-21(23)12-8-19)17-3-5-18(6-4-17)16(2)20-9-13-22(24)14-10-20/h3-14H,1-2H2. The summed E-state index contributed by atoms with van der Waals surface area (Å²) in [5, 5.41) is 0. The maximum Gasteiger partial charge on any atom is 0.0175 e. The molecule has 3 aromatic rings. The van der Waals surface area contributed by atoms with Gasteiger partial charge >= 0.3 is 0 Å². The SMILES string of the molecule is C=C(c1ccc(Br)cc1)c1ccc(C(=C)c2ccc(Br)cc2)cc1. The Morgan fingerprint density at radius 1 is 0.458 bits per heavy atom. The Hall–Kier alpha value is -1.90. The van der Waals surface area contributed by atoms with Crippen LogP contribution in [0.5, 0.6) is 0 Å². The molecule has 0 aromatic heterocycles. The molecule has 0 spiro atoms. The Kier molecular flexibility index (Phi) is 5.17. The summed E-state index contributed by atoms with van der Waals surface area (Å²) in [6, 6.07) is 24.8. The van der Waals surface area contributed by atoms with Crippen molar-refractivity contribution in [3.05, 3.63) is 117 Å². The van der Waals surface area contributed by atoms with Crippen molar-refractivity contribution in [3.8, 4) is 0 Å². The van der Waals surface area contributed by atoms with Crippen LogP contribution in [0.4, 0.5) is 0 Å². The fourth-order valence-electron chi connectivity index (χ4n) is 2.51. The molecule has 0 nitrogen and oxygen atoms in total. The van der Waals surface area contributed by atoms with Gasteiger partial charge in [0.2, 0.25) is 0 Å². The molecule has 0 N–H and O–H groups in total. The molecule has 118 valence electrons. The zero-order valence-corrected chi connectivity index (χ0v) is 16.3. The Morgan fingerprint density at radius 2 is 0.667 bits per heavy atom. The van der Waals surface area contributed by atoms with E-state index < -0.39 is 0 Å². The van der Waals surface area contributed by atoms with E-state index in [0.29, 0.717) is 0 Å². The summed E-state index contributed by atoms with van der Waals surface area (Å²) >= 11 is 6.92. The molecule has 0 atom stereocenters. The zero-order chi connectivity index (χ0) is 17.1. The largest absolute Gasteiger partial charge is 0.0906 e. The van der Waals surface area contributed by atoms with E-state index in [1.165, 1.54) is 0 Å². The normalized spacial score (nSPS) is 10.4. The second kappa shape index (κ2) is 7.33. The summed E-state index contributed by atoms with van der Waals surface area (Å²) in [5.41, 5.74) is 6.51. The van der Waals surface area contributed by atoms with Gasteiger partial charge in [0.15, 0.2) is 0 Å². The van der Waals surface area contributed by atoms with Crippen LogP contribution >= 0.6 is 31.9 Å². The van der Waals surface area contributed by atoms with E-state index in [1.54, 1.807) is 0 Å². The van der Waals surface area contributed by atoms with Crippen molar-refractivity contribution in [1.29, 1.82) is 0 Å². The molecule has 3 aromatic carbocycles. The van der Waals surface area contributed by atoms with Crippen LogP contribution < -0.4 is 0 Å². The highest BCUT2D eigenvalue weighted by atomic mass is 79.9. The number of rotatable bonds is 4. The van der Waals surface area contributed by atoms with E-state index in [-0.39, 0.29) is 0 Å². The molecule has 0 aliphatic heterocycles. The van der Waals surface area contributed by atoms with Gasteiger partial charge in [-0.15, -0.1) is 0 Å². The topological polar surface area (TPSA) is 0 Å². The summed E-state index contributed by atoms with van der Waals surface area (Å²) in [7, 11) is 0. The van der Waals surface area contributed by atoms with Crippen LogP contribution in [0.2, 0.25) is 0 Å². The third-order valence-electron chi connectivity index (χ3n) is 3.97. The van der Waals surface area contributed by atoms with E-state index in [1.807, 2.05) is 24.3 Å². The molecule has 0 fully saturated rings. The predicted molar refractivity (Wildman–Crippen MR) is 111 cm³/mol. The van der Waals surface area contributed by atoms with Gasteiger partial charge < -0.3 is 0 Å². The molecular formula is C22H16Br2. The first kappa shape index (κ1) is 16.9. The lowest BCUT2D eigenvalue weighted by atomic mass is 9.95. The summed E-state index contributed by atoms with van der Waals surface area (Å²) in [4.78, 5) is 0. The van der Waals surface area contributed by atoms with Crippen molar-refractivity contribution < 1.29 is 0 Å². The van der Waals surface area contributed by atoms with E-state index in [0.717, 1.165) is 42.3 Å². The molecule has 0 heterocycles. The van der Waals surface area contributed by atoms with Gasteiger partial charge in [0.1, 0.15) is 0 Å². The van der Waals surface area contributed by atoms with Crippen LogP contribution in [0.25, 0.3) is 11.1 Å². The monoisotopic (exact) mass is 438 g/mol. The number of halogens is 2. The second-order valence-electron chi connectivity index (χ2n) is 5.55. The number of hydrogen-bond donors (Lipinski definition) is 0. The average molecular weight is 440 g/mol. The van der Waals surface area contributed by atoms with Gasteiger partial charge in [-0.2, -0.15) is 0 Å². The predicted octanol–water partition coefficient (Wildman–Crippen LogP) is 7.33. The van der Waals surface area contributed by atoms with Crippen LogP contribution in [0.15, 0.2) is 94.9 Å². The van der Waals surface area contributed by atoms with Crippen LogP contribution in [0.3, 0.4) is 0 Å². The van der Waals surface area contributed by atoms with Crippen molar-refractivity contribution in [2.45, 2.75) is 0 Å². The first-order valence-electron chi connectivity index (χ1n) is 7.55. The molecule has 24 heavy (non-hydrogen) atoms. The molecule has 0 amide bonds. The summed E-state index contributed by atoms with van der Waals surface area (Å²) in [6.45, 7) is 8.45. The molecule has 0 saturated heterocycles. The van der Waals surface area contributed by atoms with Crippen molar-refractivity contribution in [2.75, 3.05) is 0 Å². The van der Waals surface area contributed by atoms with Crippen molar-refractivity contribution >= 4 is 43.0 Å². The van der Waals surface area contributed by atoms with Gasteiger partial charge in [0, 0.05) is 8.95 Å². The molecule has 2 heteroatoms. The highest BCUT2D eigenvalue weighted by Gasteiger charge is 2.06. The molecule has 0 saturated carbocycles. The lowest BCUT2D eigenvalue weighted by Crippen LogP contribution is -1.89. The van der Waals surface area contributed by atoms with E-state index >= 15 is 0 Å². The first-order chi connectivity index (χ1) is 11.5. The first-order valence-corrected chi connectivity index (χ1v) is 9.14. The Labute approximate surface area is 159 Å². The van der Waals surface area contributed by atoms with E-state index in [9.17, 15) is 0 Å². The summed E-state index contributed by atoms with van der Waals surface area (Å²) in [5.74, 6) is 0. The van der Waals surface area contributed by atoms with Gasteiger partial charge in [0.05, 0.1) is 0 Å². The lowest BCUT2D eigenvalue weighted by molar-refractivity contribution is 1.50. The minimum Gasteiger partial charge on any atom is -0.0906 e. The maximum absolute atomic E-state index is 4.22. The maximum atomic E-state index is 4.22. The third-order valence-corrected chi connectivity index (χ3v) is 5.02. The molecular weight excluding hydrogens is 424 g/mol. The zero-order valence-electron chi connectivity index (χ0n) is 13.1. The van der Waals surface area contributed by atoms with E-state index in [4.69, 9.17) is 0 Å². The molecule has 0 aliphatic rings.